The van der Waals surface area contributed by atoms with Gasteiger partial charge in [-0.3, -0.25) is 24.8 Å². The number of hydrazine groups is 1. The summed E-state index contributed by atoms with van der Waals surface area (Å²) in [4.78, 5) is 52.6. The third-order valence-corrected chi connectivity index (χ3v) is 6.31. The van der Waals surface area contributed by atoms with Gasteiger partial charge in [-0.2, -0.15) is 0 Å². The van der Waals surface area contributed by atoms with Crippen LogP contribution in [0.4, 0.5) is 20.6 Å². The van der Waals surface area contributed by atoms with Crippen molar-refractivity contribution in [2.75, 3.05) is 10.6 Å². The van der Waals surface area contributed by atoms with Gasteiger partial charge in [0.15, 0.2) is 0 Å². The van der Waals surface area contributed by atoms with Crippen LogP contribution in [0.1, 0.15) is 23.2 Å². The second-order valence-corrected chi connectivity index (χ2v) is 9.05. The lowest BCUT2D eigenvalue weighted by atomic mass is 10.0. The summed E-state index contributed by atoms with van der Waals surface area (Å²) < 4.78 is 19.1. The predicted octanol–water partition coefficient (Wildman–Crippen LogP) is 4.44. The van der Waals surface area contributed by atoms with Crippen molar-refractivity contribution in [1.82, 2.24) is 15.8 Å². The lowest BCUT2D eigenvalue weighted by Crippen LogP contribution is -2.40. The highest BCUT2D eigenvalue weighted by Gasteiger charge is 2.56. The van der Waals surface area contributed by atoms with Gasteiger partial charge in [0, 0.05) is 28.5 Å². The predicted molar refractivity (Wildman–Crippen MR) is 142 cm³/mol. The van der Waals surface area contributed by atoms with Crippen LogP contribution in [0.15, 0.2) is 79.0 Å². The fourth-order valence-corrected chi connectivity index (χ4v) is 3.98. The summed E-state index contributed by atoms with van der Waals surface area (Å²) in [5, 5.41) is 14.7. The molecule has 1 aliphatic carbocycles. The first-order valence-corrected chi connectivity index (χ1v) is 12.1. The number of nitrogens with zero attached hydrogens (tertiary/aromatic N) is 1. The van der Waals surface area contributed by atoms with Crippen LogP contribution in [0.2, 0.25) is 0 Å². The SMILES string of the molecule is O=C(O)NNC(=O)c1ccc2c(Oc3ccc(NC(=O)C4(C(=O)Nc5ccc(F)cc5)CC4)cc3)ccnc2c1. The number of carbonyl (C=O) groups excluding carboxylic acids is 3. The quantitative estimate of drug-likeness (QED) is 0.170. The van der Waals surface area contributed by atoms with Crippen molar-refractivity contribution in [3.8, 4) is 11.5 Å². The van der Waals surface area contributed by atoms with Crippen LogP contribution in [0, 0.1) is 11.2 Å². The van der Waals surface area contributed by atoms with Gasteiger partial charge in [-0.25, -0.2) is 14.6 Å². The molecule has 4 aromatic rings. The Morgan fingerprint density at radius 1 is 0.825 bits per heavy atom. The minimum absolute atomic E-state index is 0.200. The van der Waals surface area contributed by atoms with Crippen molar-refractivity contribution >= 4 is 46.1 Å². The largest absolute Gasteiger partial charge is 0.464 e. The van der Waals surface area contributed by atoms with Gasteiger partial charge in [-0.15, -0.1) is 0 Å². The number of amides is 4. The van der Waals surface area contributed by atoms with E-state index >= 15 is 0 Å². The molecule has 5 rings (SSSR count). The topological polar surface area (TPSA) is 159 Å². The fourth-order valence-electron chi connectivity index (χ4n) is 3.98. The molecule has 0 aliphatic heterocycles. The van der Waals surface area contributed by atoms with Crippen molar-refractivity contribution in [3.05, 3.63) is 90.4 Å². The first kappa shape index (κ1) is 26.1. The zero-order valence-electron chi connectivity index (χ0n) is 20.7. The van der Waals surface area contributed by atoms with E-state index in [1.54, 1.807) is 41.8 Å². The summed E-state index contributed by atoms with van der Waals surface area (Å²) in [6.07, 6.45) is 0.923. The first-order chi connectivity index (χ1) is 19.2. The number of aromatic nitrogens is 1. The van der Waals surface area contributed by atoms with Gasteiger partial charge in [0.05, 0.1) is 5.52 Å². The number of nitrogens with one attached hydrogen (secondary N) is 4. The van der Waals surface area contributed by atoms with E-state index in [4.69, 9.17) is 9.84 Å². The lowest BCUT2D eigenvalue weighted by Gasteiger charge is -2.16. The van der Waals surface area contributed by atoms with Gasteiger partial charge >= 0.3 is 6.09 Å². The van der Waals surface area contributed by atoms with Crippen molar-refractivity contribution < 1.29 is 33.4 Å². The van der Waals surface area contributed by atoms with Crippen LogP contribution in [0.3, 0.4) is 0 Å². The van der Waals surface area contributed by atoms with Gasteiger partial charge in [-0.1, -0.05) is 0 Å². The summed E-state index contributed by atoms with van der Waals surface area (Å²) in [5.74, 6) is -1.01. The molecule has 0 atom stereocenters. The molecule has 0 saturated heterocycles. The molecule has 1 heterocycles. The Morgan fingerprint density at radius 2 is 1.45 bits per heavy atom. The van der Waals surface area contributed by atoms with Crippen LogP contribution in [-0.4, -0.2) is 33.9 Å². The molecule has 5 N–H and O–H groups in total. The molecule has 1 saturated carbocycles. The molecule has 0 spiro atoms. The van der Waals surface area contributed by atoms with Crippen LogP contribution in [0.25, 0.3) is 10.9 Å². The van der Waals surface area contributed by atoms with Gasteiger partial charge in [0.1, 0.15) is 22.7 Å². The number of benzene rings is 3. The highest BCUT2D eigenvalue weighted by Crippen LogP contribution is 2.47. The van der Waals surface area contributed by atoms with Crippen LogP contribution in [0.5, 0.6) is 11.5 Å². The molecular formula is C28H22FN5O6. The summed E-state index contributed by atoms with van der Waals surface area (Å²) in [6.45, 7) is 0. The van der Waals surface area contributed by atoms with Crippen molar-refractivity contribution in [2.45, 2.75) is 12.8 Å². The second-order valence-electron chi connectivity index (χ2n) is 9.05. The minimum atomic E-state index is -1.40. The number of carbonyl (C=O) groups is 4. The molecule has 3 aromatic carbocycles. The number of rotatable bonds is 7. The standard InChI is InChI=1S/C28H22FN5O6/c29-17-2-4-18(5-3-17)31-25(36)28(12-13-28)26(37)32-19-6-8-20(9-7-19)40-23-11-14-30-22-15-16(1-10-21(22)23)24(35)33-34-27(38)39/h1-11,14-15,34H,12-13H2,(H,31,36)(H,32,37)(H,33,35)(H,38,39). The maximum absolute atomic E-state index is 13.1. The Labute approximate surface area is 226 Å². The first-order valence-electron chi connectivity index (χ1n) is 12.1. The zero-order valence-corrected chi connectivity index (χ0v) is 20.7. The normalized spacial score (nSPS) is 13.1. The molecule has 40 heavy (non-hydrogen) atoms. The summed E-state index contributed by atoms with van der Waals surface area (Å²) in [6, 6.07) is 18.2. The van der Waals surface area contributed by atoms with E-state index in [-0.39, 0.29) is 5.56 Å². The van der Waals surface area contributed by atoms with Crippen molar-refractivity contribution in [2.24, 2.45) is 5.41 Å². The molecule has 0 bridgehead atoms. The van der Waals surface area contributed by atoms with E-state index < -0.39 is 35.0 Å². The average molecular weight is 544 g/mol. The number of fused-ring (bicyclic) bond motifs is 1. The number of hydrogen-bond acceptors (Lipinski definition) is 6. The highest BCUT2D eigenvalue weighted by molar-refractivity contribution is 6.16. The molecule has 1 fully saturated rings. The summed E-state index contributed by atoms with van der Waals surface area (Å²) in [5.41, 5.74) is 4.21. The Morgan fingerprint density at radius 3 is 2.05 bits per heavy atom. The summed E-state index contributed by atoms with van der Waals surface area (Å²) in [7, 11) is 0. The zero-order chi connectivity index (χ0) is 28.3. The van der Waals surface area contributed by atoms with Gasteiger partial charge in [-0.05, 0) is 85.6 Å². The van der Waals surface area contributed by atoms with Gasteiger partial charge in [0.2, 0.25) is 11.8 Å². The molecule has 4 amide bonds. The minimum Gasteiger partial charge on any atom is -0.464 e. The summed E-state index contributed by atoms with van der Waals surface area (Å²) >= 11 is 0. The van der Waals surface area contributed by atoms with E-state index in [2.05, 4.69) is 21.0 Å². The maximum atomic E-state index is 13.1. The van der Waals surface area contributed by atoms with Crippen molar-refractivity contribution in [1.29, 1.82) is 0 Å². The lowest BCUT2D eigenvalue weighted by molar-refractivity contribution is -0.131. The smallest absolute Gasteiger partial charge is 0.423 e. The molecule has 0 radical (unpaired) electrons. The van der Waals surface area contributed by atoms with Crippen molar-refractivity contribution in [3.63, 3.8) is 0 Å². The Hall–Kier alpha value is -5.52. The Balaban J connectivity index is 1.23. The number of anilines is 2. The molecule has 1 aliphatic rings. The fraction of sp³-hybridized carbons (Fsp3) is 0.107. The molecule has 1 aromatic heterocycles. The molecule has 12 heteroatoms. The monoisotopic (exact) mass is 543 g/mol. The number of halogens is 1. The van der Waals surface area contributed by atoms with Gasteiger partial charge < -0.3 is 20.5 Å². The van der Waals surface area contributed by atoms with E-state index in [0.29, 0.717) is 46.6 Å². The molecule has 0 unspecified atom stereocenters. The second kappa shape index (κ2) is 10.7. The van der Waals surface area contributed by atoms with Crippen LogP contribution in [-0.2, 0) is 9.59 Å². The van der Waals surface area contributed by atoms with Gasteiger partial charge in [0.25, 0.3) is 5.91 Å². The molecule has 202 valence electrons. The number of pyridine rings is 1. The highest BCUT2D eigenvalue weighted by atomic mass is 19.1. The number of carboxylic acid groups (broad SMARTS) is 1. The number of hydrogen-bond donors (Lipinski definition) is 5. The van der Waals surface area contributed by atoms with Crippen LogP contribution < -0.4 is 26.2 Å². The number of ether oxygens (including phenoxy) is 1. The Bertz CT molecular complexity index is 1620. The van der Waals surface area contributed by atoms with E-state index in [1.165, 1.54) is 42.6 Å². The third kappa shape index (κ3) is 5.65. The van der Waals surface area contributed by atoms with E-state index in [9.17, 15) is 23.6 Å². The molecule has 11 nitrogen and oxygen atoms in total. The van der Waals surface area contributed by atoms with E-state index in [0.717, 1.165) is 0 Å². The van der Waals surface area contributed by atoms with E-state index in [1.807, 2.05) is 0 Å². The Kier molecular flexibility index (Phi) is 6.98. The molecular weight excluding hydrogens is 521 g/mol. The maximum Gasteiger partial charge on any atom is 0.423 e. The third-order valence-electron chi connectivity index (χ3n) is 6.31. The van der Waals surface area contributed by atoms with Crippen LogP contribution >= 0.6 is 0 Å². The average Bonchev–Trinajstić information content (AvgIpc) is 3.76.